The van der Waals surface area contributed by atoms with Gasteiger partial charge in [0.15, 0.2) is 0 Å². The van der Waals surface area contributed by atoms with Crippen LogP contribution in [0.15, 0.2) is 229 Å². The van der Waals surface area contributed by atoms with Crippen molar-refractivity contribution in [2.24, 2.45) is 0 Å². The quantitative estimate of drug-likeness (QED) is 0.166. The molecule has 12 aromatic rings. The number of rotatable bonds is 6. The topological polar surface area (TPSA) is 16.4 Å². The third kappa shape index (κ3) is 5.03. The summed E-state index contributed by atoms with van der Waals surface area (Å²) in [6.07, 6.45) is 0. The monoisotopic (exact) mass is 807 g/mol. The van der Waals surface area contributed by atoms with Crippen LogP contribution in [0.25, 0.3) is 75.1 Å². The van der Waals surface area contributed by atoms with Gasteiger partial charge in [-0.3, -0.25) is 0 Å². The fourth-order valence-corrected chi connectivity index (χ4v) is 11.6. The normalized spacial score (nSPS) is 13.0. The largest absolute Gasteiger partial charge is 0.455 e. The first kappa shape index (κ1) is 35.1. The van der Waals surface area contributed by atoms with E-state index in [-0.39, 0.29) is 0 Å². The van der Waals surface area contributed by atoms with Crippen LogP contribution in [0, 0.1) is 0 Å². The Balaban J connectivity index is 1.09. The van der Waals surface area contributed by atoms with Gasteiger partial charge in [0.1, 0.15) is 11.2 Å². The summed E-state index contributed by atoms with van der Waals surface area (Å²) in [5.74, 6) is 0. The molecule has 13 rings (SSSR count). The Morgan fingerprint density at radius 3 is 1.94 bits per heavy atom. The summed E-state index contributed by atoms with van der Waals surface area (Å²) in [6, 6.07) is 82.4. The van der Waals surface area contributed by atoms with Gasteiger partial charge in [-0.2, -0.15) is 0 Å². The molecule has 10 aromatic carbocycles. The van der Waals surface area contributed by atoms with E-state index in [4.69, 9.17) is 4.42 Å². The van der Waals surface area contributed by atoms with Crippen LogP contribution >= 0.6 is 11.3 Å². The highest BCUT2D eigenvalue weighted by Gasteiger charge is 2.47. The van der Waals surface area contributed by atoms with E-state index in [1.54, 1.807) is 0 Å². The summed E-state index contributed by atoms with van der Waals surface area (Å²) in [5.41, 5.74) is 14.5. The van der Waals surface area contributed by atoms with Crippen LogP contribution in [0.2, 0.25) is 0 Å². The highest BCUT2D eigenvalue weighted by molar-refractivity contribution is 7.25. The van der Waals surface area contributed by atoms with E-state index < -0.39 is 5.41 Å². The second kappa shape index (κ2) is 13.7. The van der Waals surface area contributed by atoms with Crippen molar-refractivity contribution in [3.05, 3.63) is 247 Å². The van der Waals surface area contributed by atoms with Gasteiger partial charge in [0.2, 0.25) is 0 Å². The van der Waals surface area contributed by atoms with E-state index in [2.05, 4.69) is 229 Å². The fourth-order valence-electron chi connectivity index (χ4n) is 10.5. The van der Waals surface area contributed by atoms with Gasteiger partial charge in [0, 0.05) is 53.3 Å². The summed E-state index contributed by atoms with van der Waals surface area (Å²) in [7, 11) is 0. The fraction of sp³-hybridized carbons (Fsp3) is 0.0169. The molecule has 0 saturated carbocycles. The predicted octanol–water partition coefficient (Wildman–Crippen LogP) is 16.6. The van der Waals surface area contributed by atoms with Gasteiger partial charge >= 0.3 is 0 Å². The molecule has 1 aliphatic carbocycles. The van der Waals surface area contributed by atoms with E-state index in [0.717, 1.165) is 55.5 Å². The van der Waals surface area contributed by atoms with Crippen molar-refractivity contribution in [3.63, 3.8) is 0 Å². The number of benzene rings is 10. The van der Waals surface area contributed by atoms with Gasteiger partial charge in [-0.15, -0.1) is 11.3 Å². The molecule has 0 N–H and O–H groups in total. The zero-order valence-corrected chi connectivity index (χ0v) is 34.4. The molecule has 0 fully saturated rings. The minimum absolute atomic E-state index is 0.520. The predicted molar refractivity (Wildman–Crippen MR) is 262 cm³/mol. The van der Waals surface area contributed by atoms with Gasteiger partial charge in [-0.05, 0) is 98.9 Å². The first-order valence-corrected chi connectivity index (χ1v) is 22.1. The Morgan fingerprint density at radius 1 is 0.419 bits per heavy atom. The summed E-state index contributed by atoms with van der Waals surface area (Å²) in [6.45, 7) is 0. The second-order valence-corrected chi connectivity index (χ2v) is 17.4. The molecular formula is C59H37NOS. The Morgan fingerprint density at radius 2 is 1.08 bits per heavy atom. The molecule has 3 heteroatoms. The van der Waals surface area contributed by atoms with E-state index >= 15 is 0 Å². The second-order valence-electron chi connectivity index (χ2n) is 16.3. The smallest absolute Gasteiger partial charge is 0.143 e. The lowest BCUT2D eigenvalue weighted by atomic mass is 9.68. The highest BCUT2D eigenvalue weighted by atomic mass is 32.1. The van der Waals surface area contributed by atoms with E-state index in [9.17, 15) is 0 Å². The number of furan rings is 1. The lowest BCUT2D eigenvalue weighted by Crippen LogP contribution is -2.28. The van der Waals surface area contributed by atoms with Crippen molar-refractivity contribution >= 4 is 81.3 Å². The van der Waals surface area contributed by atoms with Crippen molar-refractivity contribution in [2.45, 2.75) is 5.41 Å². The third-order valence-corrected chi connectivity index (χ3v) is 14.3. The van der Waals surface area contributed by atoms with Crippen molar-refractivity contribution in [2.75, 3.05) is 4.90 Å². The number of fused-ring (bicyclic) bond motifs is 11. The SMILES string of the molecule is c1ccc(C2(c3ccccc3)c3ccccc3-c3c(N(c4cccc(-c5cccc6oc7c8ccccc8ccc7c56)c4)c4ccc5sc6ccccc6c5c4)cccc32)cc1. The van der Waals surface area contributed by atoms with Crippen LogP contribution in [-0.2, 0) is 5.41 Å². The highest BCUT2D eigenvalue weighted by Crippen LogP contribution is 2.59. The number of hydrogen-bond acceptors (Lipinski definition) is 3. The maximum absolute atomic E-state index is 6.68. The van der Waals surface area contributed by atoms with Gasteiger partial charge in [-0.25, -0.2) is 0 Å². The maximum atomic E-state index is 6.68. The van der Waals surface area contributed by atoms with Crippen LogP contribution in [0.1, 0.15) is 22.3 Å². The molecule has 0 aliphatic heterocycles. The molecule has 0 amide bonds. The van der Waals surface area contributed by atoms with E-state index in [1.807, 2.05) is 11.3 Å². The molecule has 0 unspecified atom stereocenters. The summed E-state index contributed by atoms with van der Waals surface area (Å²) >= 11 is 1.86. The first-order valence-electron chi connectivity index (χ1n) is 21.2. The third-order valence-electron chi connectivity index (χ3n) is 13.1. The van der Waals surface area contributed by atoms with Crippen molar-refractivity contribution in [1.82, 2.24) is 0 Å². The molecule has 290 valence electrons. The summed E-state index contributed by atoms with van der Waals surface area (Å²) in [4.78, 5) is 2.50. The van der Waals surface area contributed by atoms with Gasteiger partial charge in [-0.1, -0.05) is 170 Å². The van der Waals surface area contributed by atoms with Crippen LogP contribution in [0.3, 0.4) is 0 Å². The molecular weight excluding hydrogens is 771 g/mol. The standard InChI is InChI=1S/C59H37NOS/c1-3-18-40(19-4-1)59(41-20-5-2-6-21-41)50-27-11-9-25-47(50)57-51(59)28-15-29-52(57)60(43-33-35-55-49(37-43)46-24-10-12-31-54(46)62-55)42-22-13-17-39(36-42)44-26-14-30-53-56(44)48-34-32-38-16-7-8-23-45(38)58(48)61-53/h1-37H. The molecule has 2 heterocycles. The van der Waals surface area contributed by atoms with Crippen LogP contribution in [-0.4, -0.2) is 0 Å². The Labute approximate surface area is 363 Å². The summed E-state index contributed by atoms with van der Waals surface area (Å²) < 4.78 is 9.26. The maximum Gasteiger partial charge on any atom is 0.143 e. The van der Waals surface area contributed by atoms with E-state index in [0.29, 0.717) is 0 Å². The molecule has 0 bridgehead atoms. The van der Waals surface area contributed by atoms with Crippen LogP contribution < -0.4 is 4.90 Å². The van der Waals surface area contributed by atoms with E-state index in [1.165, 1.54) is 58.9 Å². The number of hydrogen-bond donors (Lipinski definition) is 0. The number of anilines is 3. The van der Waals surface area contributed by atoms with Crippen LogP contribution in [0.4, 0.5) is 17.1 Å². The number of thiophene rings is 1. The molecule has 2 aromatic heterocycles. The van der Waals surface area contributed by atoms with Gasteiger partial charge in [0.05, 0.1) is 11.1 Å². The minimum atomic E-state index is -0.520. The van der Waals surface area contributed by atoms with Crippen molar-refractivity contribution < 1.29 is 4.42 Å². The molecule has 0 atom stereocenters. The zero-order chi connectivity index (χ0) is 40.8. The molecule has 1 aliphatic rings. The number of nitrogens with zero attached hydrogens (tertiary/aromatic N) is 1. The average Bonchev–Trinajstić information content (AvgIpc) is 4.01. The van der Waals surface area contributed by atoms with Gasteiger partial charge < -0.3 is 9.32 Å². The zero-order valence-electron chi connectivity index (χ0n) is 33.6. The Kier molecular flexibility index (Phi) is 7.72. The first-order chi connectivity index (χ1) is 30.8. The lowest BCUT2D eigenvalue weighted by Gasteiger charge is -2.34. The van der Waals surface area contributed by atoms with Crippen LogP contribution in [0.5, 0.6) is 0 Å². The van der Waals surface area contributed by atoms with Crippen molar-refractivity contribution in [3.8, 4) is 22.3 Å². The molecule has 2 nitrogen and oxygen atoms in total. The Bertz CT molecular complexity index is 3670. The molecule has 0 radical (unpaired) electrons. The summed E-state index contributed by atoms with van der Waals surface area (Å²) in [5, 5.41) is 7.11. The average molecular weight is 808 g/mol. The molecule has 0 saturated heterocycles. The molecule has 62 heavy (non-hydrogen) atoms. The Hall–Kier alpha value is -7.72. The van der Waals surface area contributed by atoms with Gasteiger partial charge in [0.25, 0.3) is 0 Å². The lowest BCUT2D eigenvalue weighted by molar-refractivity contribution is 0.673. The minimum Gasteiger partial charge on any atom is -0.455 e. The molecule has 0 spiro atoms. The van der Waals surface area contributed by atoms with Crippen molar-refractivity contribution in [1.29, 1.82) is 0 Å².